The number of para-hydroxylation sites is 2. The Morgan fingerprint density at radius 1 is 1.03 bits per heavy atom. The Bertz CT molecular complexity index is 1180. The van der Waals surface area contributed by atoms with E-state index in [0.29, 0.717) is 0 Å². The molecule has 0 aliphatic heterocycles. The first kappa shape index (κ1) is 18.7. The highest BCUT2D eigenvalue weighted by Gasteiger charge is 2.18. The minimum Gasteiger partial charge on any atom is -0.317 e. The van der Waals surface area contributed by atoms with Crippen molar-refractivity contribution < 1.29 is 10.0 Å². The van der Waals surface area contributed by atoms with E-state index in [2.05, 4.69) is 29.7 Å². The minimum atomic E-state index is -0.569. The highest BCUT2D eigenvalue weighted by atomic mass is 16.5. The summed E-state index contributed by atoms with van der Waals surface area (Å²) in [4.78, 5) is 16.2. The van der Waals surface area contributed by atoms with Gasteiger partial charge in [-0.05, 0) is 42.3 Å². The largest absolute Gasteiger partial charge is 0.317 e. The number of rotatable bonds is 5. The van der Waals surface area contributed by atoms with Crippen molar-refractivity contribution in [2.75, 3.05) is 0 Å². The quantitative estimate of drug-likeness (QED) is 0.295. The molecule has 1 heterocycles. The van der Waals surface area contributed by atoms with Crippen LogP contribution in [0.1, 0.15) is 24.1 Å². The van der Waals surface area contributed by atoms with E-state index in [1.807, 2.05) is 60.7 Å². The average molecular weight is 383 g/mol. The third-order valence-electron chi connectivity index (χ3n) is 4.95. The molecule has 5 heteroatoms. The Kier molecular flexibility index (Phi) is 5.22. The van der Waals surface area contributed by atoms with Crippen LogP contribution in [0.4, 0.5) is 0 Å². The Morgan fingerprint density at radius 3 is 2.59 bits per heavy atom. The molecule has 1 amide bonds. The van der Waals surface area contributed by atoms with Gasteiger partial charge in [0.2, 0.25) is 0 Å². The molecule has 0 saturated carbocycles. The highest BCUT2D eigenvalue weighted by molar-refractivity contribution is 5.91. The van der Waals surface area contributed by atoms with Gasteiger partial charge in [0.1, 0.15) is 5.82 Å². The van der Waals surface area contributed by atoms with Crippen LogP contribution in [-0.2, 0) is 4.79 Å². The molecule has 29 heavy (non-hydrogen) atoms. The van der Waals surface area contributed by atoms with Crippen LogP contribution in [0.5, 0.6) is 0 Å². The van der Waals surface area contributed by atoms with Gasteiger partial charge in [0.25, 0.3) is 5.91 Å². The van der Waals surface area contributed by atoms with Crippen LogP contribution in [0.2, 0.25) is 0 Å². The smallest absolute Gasteiger partial charge is 0.267 e. The van der Waals surface area contributed by atoms with Crippen molar-refractivity contribution >= 4 is 23.0 Å². The van der Waals surface area contributed by atoms with Crippen molar-refractivity contribution in [1.82, 2.24) is 15.0 Å². The summed E-state index contributed by atoms with van der Waals surface area (Å²) in [5, 5.41) is 8.67. The summed E-state index contributed by atoms with van der Waals surface area (Å²) in [5.74, 6) is 0.296. The van der Waals surface area contributed by atoms with Gasteiger partial charge in [0, 0.05) is 11.6 Å². The molecule has 0 bridgehead atoms. The first-order chi connectivity index (χ1) is 14.2. The predicted molar refractivity (Wildman–Crippen MR) is 114 cm³/mol. The maximum Gasteiger partial charge on any atom is 0.267 e. The molecule has 0 saturated heterocycles. The monoisotopic (exact) mass is 383 g/mol. The summed E-state index contributed by atoms with van der Waals surface area (Å²) >= 11 is 0. The van der Waals surface area contributed by atoms with E-state index < -0.39 is 5.91 Å². The number of carbonyl (C=O) groups excluding carboxylic acids is 1. The highest BCUT2D eigenvalue weighted by Crippen LogP contribution is 2.31. The van der Waals surface area contributed by atoms with Gasteiger partial charge in [-0.15, -0.1) is 0 Å². The Balaban J connectivity index is 1.84. The Hall–Kier alpha value is -3.70. The number of hydrogen-bond acceptors (Lipinski definition) is 3. The van der Waals surface area contributed by atoms with Crippen molar-refractivity contribution in [3.8, 4) is 11.4 Å². The van der Waals surface area contributed by atoms with Crippen LogP contribution in [-0.4, -0.2) is 20.7 Å². The van der Waals surface area contributed by atoms with Crippen LogP contribution >= 0.6 is 0 Å². The SMILES string of the molecule is C[C@@H](c1ccccc1)n1c(-c2cccc(C=CC(=O)NO)c2)nc2ccccc21. The van der Waals surface area contributed by atoms with Crippen LogP contribution in [0.15, 0.2) is 84.9 Å². The summed E-state index contributed by atoms with van der Waals surface area (Å²) in [6.45, 7) is 2.17. The number of imidazole rings is 1. The maximum absolute atomic E-state index is 11.3. The summed E-state index contributed by atoms with van der Waals surface area (Å²) < 4.78 is 2.24. The molecule has 5 nitrogen and oxygen atoms in total. The number of aromatic nitrogens is 2. The van der Waals surface area contributed by atoms with Gasteiger partial charge < -0.3 is 4.57 Å². The van der Waals surface area contributed by atoms with E-state index in [0.717, 1.165) is 28.0 Å². The second kappa shape index (κ2) is 8.12. The Morgan fingerprint density at radius 2 is 1.79 bits per heavy atom. The molecule has 1 aromatic heterocycles. The molecule has 4 rings (SSSR count). The molecule has 0 unspecified atom stereocenters. The van der Waals surface area contributed by atoms with Gasteiger partial charge in [-0.25, -0.2) is 10.5 Å². The van der Waals surface area contributed by atoms with Crippen molar-refractivity contribution in [3.63, 3.8) is 0 Å². The second-order valence-electron chi connectivity index (χ2n) is 6.82. The van der Waals surface area contributed by atoms with Gasteiger partial charge in [-0.2, -0.15) is 0 Å². The number of hydroxylamine groups is 1. The Labute approximate surface area is 168 Å². The molecule has 3 aromatic carbocycles. The summed E-state index contributed by atoms with van der Waals surface area (Å²) in [6.07, 6.45) is 2.94. The number of nitrogens with one attached hydrogen (secondary N) is 1. The van der Waals surface area contributed by atoms with Crippen molar-refractivity contribution in [2.24, 2.45) is 0 Å². The number of nitrogens with zero attached hydrogens (tertiary/aromatic N) is 2. The summed E-state index contributed by atoms with van der Waals surface area (Å²) in [7, 11) is 0. The van der Waals surface area contributed by atoms with Crippen LogP contribution in [0, 0.1) is 0 Å². The van der Waals surface area contributed by atoms with E-state index in [9.17, 15) is 4.79 Å². The van der Waals surface area contributed by atoms with Gasteiger partial charge >= 0.3 is 0 Å². The molecule has 144 valence electrons. The molecule has 0 spiro atoms. The average Bonchev–Trinajstić information content (AvgIpc) is 3.17. The van der Waals surface area contributed by atoms with Crippen LogP contribution in [0.3, 0.4) is 0 Å². The standard InChI is InChI=1S/C24H21N3O2/c1-17(19-9-3-2-4-10-19)27-22-13-6-5-12-21(22)25-24(27)20-11-7-8-18(16-20)14-15-23(28)26-29/h2-17,29H,1H3,(H,26,28)/t17-/m0/s1. The number of amides is 1. The predicted octanol–water partition coefficient (Wildman–Crippen LogP) is 4.83. The molecular formula is C24H21N3O2. The zero-order chi connectivity index (χ0) is 20.2. The van der Waals surface area contributed by atoms with Gasteiger partial charge in [0.15, 0.2) is 0 Å². The number of carbonyl (C=O) groups is 1. The third-order valence-corrected chi connectivity index (χ3v) is 4.95. The lowest BCUT2D eigenvalue weighted by Gasteiger charge is -2.18. The number of benzene rings is 3. The van der Waals surface area contributed by atoms with E-state index in [-0.39, 0.29) is 6.04 Å². The van der Waals surface area contributed by atoms with Gasteiger partial charge in [0.05, 0.1) is 17.1 Å². The van der Waals surface area contributed by atoms with E-state index in [4.69, 9.17) is 10.2 Å². The first-order valence-corrected chi connectivity index (χ1v) is 9.42. The fraction of sp³-hybridized carbons (Fsp3) is 0.0833. The topological polar surface area (TPSA) is 67.2 Å². The van der Waals surface area contributed by atoms with Crippen molar-refractivity contribution in [3.05, 3.63) is 96.1 Å². The van der Waals surface area contributed by atoms with Gasteiger partial charge in [-0.1, -0.05) is 60.7 Å². The number of hydrogen-bond donors (Lipinski definition) is 2. The van der Waals surface area contributed by atoms with Gasteiger partial charge in [-0.3, -0.25) is 10.0 Å². The first-order valence-electron chi connectivity index (χ1n) is 9.42. The lowest BCUT2D eigenvalue weighted by atomic mass is 10.1. The fourth-order valence-corrected chi connectivity index (χ4v) is 3.51. The number of fused-ring (bicyclic) bond motifs is 1. The lowest BCUT2D eigenvalue weighted by molar-refractivity contribution is -0.124. The van der Waals surface area contributed by atoms with Crippen LogP contribution in [0.25, 0.3) is 28.5 Å². The lowest BCUT2D eigenvalue weighted by Crippen LogP contribution is -2.14. The van der Waals surface area contributed by atoms with Crippen molar-refractivity contribution in [2.45, 2.75) is 13.0 Å². The molecule has 4 aromatic rings. The molecule has 0 fully saturated rings. The molecule has 1 atom stereocenters. The van der Waals surface area contributed by atoms with E-state index in [1.54, 1.807) is 11.6 Å². The van der Waals surface area contributed by atoms with E-state index >= 15 is 0 Å². The molecule has 0 aliphatic rings. The van der Waals surface area contributed by atoms with Crippen molar-refractivity contribution in [1.29, 1.82) is 0 Å². The second-order valence-corrected chi connectivity index (χ2v) is 6.82. The zero-order valence-corrected chi connectivity index (χ0v) is 16.0. The fourth-order valence-electron chi connectivity index (χ4n) is 3.51. The molecule has 0 aliphatic carbocycles. The zero-order valence-electron chi connectivity index (χ0n) is 16.0. The summed E-state index contributed by atoms with van der Waals surface area (Å²) in [5.41, 5.74) is 6.60. The van der Waals surface area contributed by atoms with E-state index in [1.165, 1.54) is 11.6 Å². The van der Waals surface area contributed by atoms with Crippen LogP contribution < -0.4 is 5.48 Å². The minimum absolute atomic E-state index is 0.0953. The maximum atomic E-state index is 11.3. The molecule has 2 N–H and O–H groups in total. The molecule has 0 radical (unpaired) electrons. The third kappa shape index (κ3) is 3.81. The summed E-state index contributed by atoms with van der Waals surface area (Å²) in [6, 6.07) is 26.4. The molecular weight excluding hydrogens is 362 g/mol. The normalized spacial score (nSPS) is 12.3.